The van der Waals surface area contributed by atoms with Crippen LogP contribution in [-0.2, 0) is 24.7 Å². The summed E-state index contributed by atoms with van der Waals surface area (Å²) in [4.78, 5) is 10.4. The summed E-state index contributed by atoms with van der Waals surface area (Å²) in [6.07, 6.45) is 0.725. The zero-order valence-electron chi connectivity index (χ0n) is 13.8. The predicted octanol–water partition coefficient (Wildman–Crippen LogP) is 1.85. The predicted molar refractivity (Wildman–Crippen MR) is 101 cm³/mol. The summed E-state index contributed by atoms with van der Waals surface area (Å²) in [6, 6.07) is 14.0. The molecule has 1 heterocycles. The van der Waals surface area contributed by atoms with Gasteiger partial charge in [-0.1, -0.05) is 24.3 Å². The number of anilines is 2. The number of carbonyl (C=O) groups excluding carboxylic acids is 1. The van der Waals surface area contributed by atoms with Crippen molar-refractivity contribution in [3.63, 3.8) is 0 Å². The smallest absolute Gasteiger partial charge is 0.236 e. The van der Waals surface area contributed by atoms with E-state index < -0.39 is 25.1 Å². The first kappa shape index (κ1) is 18.4. The third-order valence-corrected chi connectivity index (χ3v) is 8.00. The first-order chi connectivity index (χ1) is 12.3. The van der Waals surface area contributed by atoms with Crippen molar-refractivity contribution in [1.82, 2.24) is 0 Å². The van der Waals surface area contributed by atoms with E-state index in [1.165, 1.54) is 0 Å². The van der Waals surface area contributed by atoms with Crippen molar-refractivity contribution in [2.45, 2.75) is 11.7 Å². The van der Waals surface area contributed by atoms with Crippen molar-refractivity contribution in [1.29, 1.82) is 0 Å². The second kappa shape index (κ2) is 7.08. The second-order valence-electron chi connectivity index (χ2n) is 6.09. The van der Waals surface area contributed by atoms with E-state index in [9.17, 15) is 21.6 Å². The van der Waals surface area contributed by atoms with Crippen LogP contribution in [0.25, 0.3) is 11.1 Å². The average molecular weight is 394 g/mol. The van der Waals surface area contributed by atoms with Crippen molar-refractivity contribution >= 4 is 37.6 Å². The summed E-state index contributed by atoms with van der Waals surface area (Å²) in [5, 5.41) is 1.64. The lowest BCUT2D eigenvalue weighted by Gasteiger charge is -2.13. The van der Waals surface area contributed by atoms with E-state index in [-0.39, 0.29) is 17.9 Å². The number of nitrogens with one attached hydrogen (secondary N) is 2. The minimum Gasteiger partial charge on any atom is -0.329 e. The van der Waals surface area contributed by atoms with Crippen molar-refractivity contribution in [2.75, 3.05) is 21.5 Å². The largest absolute Gasteiger partial charge is 0.329 e. The van der Waals surface area contributed by atoms with E-state index >= 15 is 0 Å². The highest BCUT2D eigenvalue weighted by Crippen LogP contribution is 2.25. The SMILES string of the molecule is O=CNc1ccc(-c2ccc(NS(=O)(=O)[C@@H]3CCS(=O)(=O)C3)cc2)cc1. The monoisotopic (exact) mass is 394 g/mol. The summed E-state index contributed by atoms with van der Waals surface area (Å²) in [7, 11) is -7.01. The maximum Gasteiger partial charge on any atom is 0.236 e. The van der Waals surface area contributed by atoms with Gasteiger partial charge < -0.3 is 5.32 Å². The van der Waals surface area contributed by atoms with Gasteiger partial charge in [0.2, 0.25) is 16.4 Å². The van der Waals surface area contributed by atoms with Crippen LogP contribution in [0.3, 0.4) is 0 Å². The third-order valence-electron chi connectivity index (χ3n) is 4.22. The normalized spacial score (nSPS) is 19.0. The van der Waals surface area contributed by atoms with E-state index in [1.54, 1.807) is 36.4 Å². The average Bonchev–Trinajstić information content (AvgIpc) is 2.97. The molecule has 0 aromatic heterocycles. The number of carbonyl (C=O) groups is 1. The highest BCUT2D eigenvalue weighted by atomic mass is 32.2. The summed E-state index contributed by atoms with van der Waals surface area (Å²) in [5.74, 6) is -0.423. The Labute approximate surface area is 152 Å². The molecule has 138 valence electrons. The van der Waals surface area contributed by atoms with Crippen LogP contribution in [0, 0.1) is 0 Å². The first-order valence-electron chi connectivity index (χ1n) is 7.92. The molecule has 1 aliphatic heterocycles. The van der Waals surface area contributed by atoms with Crippen LogP contribution in [0.1, 0.15) is 6.42 Å². The molecule has 0 spiro atoms. The zero-order chi connectivity index (χ0) is 18.8. The minimum absolute atomic E-state index is 0.0908. The molecule has 3 rings (SSSR count). The minimum atomic E-state index is -3.74. The molecule has 0 radical (unpaired) electrons. The van der Waals surface area contributed by atoms with Gasteiger partial charge in [0.1, 0.15) is 0 Å². The molecule has 1 aliphatic rings. The van der Waals surface area contributed by atoms with Gasteiger partial charge in [0, 0.05) is 11.4 Å². The molecule has 26 heavy (non-hydrogen) atoms. The van der Waals surface area contributed by atoms with Gasteiger partial charge in [0.15, 0.2) is 9.84 Å². The summed E-state index contributed by atoms with van der Waals surface area (Å²) in [6.45, 7) is 0. The Kier molecular flexibility index (Phi) is 5.01. The molecule has 2 aromatic carbocycles. The lowest BCUT2D eigenvalue weighted by molar-refractivity contribution is -0.105. The number of amides is 1. The van der Waals surface area contributed by atoms with E-state index in [1.807, 2.05) is 12.1 Å². The van der Waals surface area contributed by atoms with Crippen molar-refractivity contribution in [3.05, 3.63) is 48.5 Å². The van der Waals surface area contributed by atoms with Gasteiger partial charge in [0.05, 0.1) is 16.8 Å². The van der Waals surface area contributed by atoms with Crippen LogP contribution in [0.5, 0.6) is 0 Å². The summed E-state index contributed by atoms with van der Waals surface area (Å²) >= 11 is 0. The van der Waals surface area contributed by atoms with Gasteiger partial charge in [-0.15, -0.1) is 0 Å². The molecule has 2 aromatic rings. The topological polar surface area (TPSA) is 109 Å². The van der Waals surface area contributed by atoms with Crippen molar-refractivity contribution in [2.24, 2.45) is 0 Å². The van der Waals surface area contributed by atoms with E-state index in [2.05, 4.69) is 10.0 Å². The highest BCUT2D eigenvalue weighted by Gasteiger charge is 2.37. The molecule has 0 unspecified atom stereocenters. The lowest BCUT2D eigenvalue weighted by Crippen LogP contribution is -2.28. The molecule has 0 aliphatic carbocycles. The first-order valence-corrected chi connectivity index (χ1v) is 11.3. The third kappa shape index (κ3) is 4.23. The molecular weight excluding hydrogens is 376 g/mol. The molecule has 1 amide bonds. The number of hydrogen-bond donors (Lipinski definition) is 2. The van der Waals surface area contributed by atoms with Crippen LogP contribution in [0.2, 0.25) is 0 Å². The molecule has 1 atom stereocenters. The van der Waals surface area contributed by atoms with Crippen LogP contribution < -0.4 is 10.0 Å². The van der Waals surface area contributed by atoms with Crippen LogP contribution in [0.4, 0.5) is 11.4 Å². The number of benzene rings is 2. The maximum atomic E-state index is 12.3. The Bertz CT molecular complexity index is 998. The zero-order valence-corrected chi connectivity index (χ0v) is 15.4. The quantitative estimate of drug-likeness (QED) is 0.727. The molecular formula is C17H18N2O5S2. The maximum absolute atomic E-state index is 12.3. The Morgan fingerprint density at radius 3 is 1.92 bits per heavy atom. The van der Waals surface area contributed by atoms with Gasteiger partial charge in [-0.2, -0.15) is 0 Å². The molecule has 7 nitrogen and oxygen atoms in total. The fourth-order valence-corrected chi connectivity index (χ4v) is 6.90. The molecule has 0 saturated carbocycles. The fourth-order valence-electron chi connectivity index (χ4n) is 2.81. The number of hydrogen-bond acceptors (Lipinski definition) is 5. The Morgan fingerprint density at radius 1 is 0.923 bits per heavy atom. The van der Waals surface area contributed by atoms with E-state index in [4.69, 9.17) is 0 Å². The van der Waals surface area contributed by atoms with Crippen molar-refractivity contribution in [3.8, 4) is 11.1 Å². The van der Waals surface area contributed by atoms with Gasteiger partial charge >= 0.3 is 0 Å². The van der Waals surface area contributed by atoms with Crippen LogP contribution >= 0.6 is 0 Å². The Morgan fingerprint density at radius 2 is 1.46 bits per heavy atom. The summed E-state index contributed by atoms with van der Waals surface area (Å²) in [5.41, 5.74) is 2.86. The van der Waals surface area contributed by atoms with Gasteiger partial charge in [-0.05, 0) is 41.8 Å². The molecule has 9 heteroatoms. The molecule has 0 bridgehead atoms. The number of sulfone groups is 1. The molecule has 1 fully saturated rings. The van der Waals surface area contributed by atoms with Crippen molar-refractivity contribution < 1.29 is 21.6 Å². The standard InChI is InChI=1S/C17H18N2O5S2/c20-12-18-15-5-1-13(2-6-15)14-3-7-16(8-4-14)19-26(23,24)17-9-10-25(21,22)11-17/h1-8,12,17,19H,9-11H2,(H,18,20)/t17-/m1/s1. The molecule has 2 N–H and O–H groups in total. The highest BCUT2D eigenvalue weighted by molar-refractivity contribution is 7.97. The van der Waals surface area contributed by atoms with E-state index in [0.717, 1.165) is 11.1 Å². The second-order valence-corrected chi connectivity index (χ2v) is 10.3. The van der Waals surface area contributed by atoms with Gasteiger partial charge in [-0.25, -0.2) is 16.8 Å². The van der Waals surface area contributed by atoms with Gasteiger partial charge in [0.25, 0.3) is 0 Å². The lowest BCUT2D eigenvalue weighted by atomic mass is 10.1. The fraction of sp³-hybridized carbons (Fsp3) is 0.235. The van der Waals surface area contributed by atoms with Crippen LogP contribution in [-0.4, -0.2) is 40.0 Å². The van der Waals surface area contributed by atoms with Crippen LogP contribution in [0.15, 0.2) is 48.5 Å². The molecule has 1 saturated heterocycles. The summed E-state index contributed by atoms with van der Waals surface area (Å²) < 4.78 is 50.1. The van der Waals surface area contributed by atoms with Gasteiger partial charge in [-0.3, -0.25) is 9.52 Å². The Hall–Kier alpha value is -2.39. The number of sulfonamides is 1. The van der Waals surface area contributed by atoms with E-state index in [0.29, 0.717) is 17.8 Å². The number of rotatable bonds is 6. The Balaban J connectivity index is 1.72.